The van der Waals surface area contributed by atoms with Crippen molar-refractivity contribution in [1.29, 1.82) is 0 Å². The van der Waals surface area contributed by atoms with Gasteiger partial charge < -0.3 is 4.74 Å². The fraction of sp³-hybridized carbons (Fsp3) is 0.455. The van der Waals surface area contributed by atoms with Crippen molar-refractivity contribution in [3.05, 3.63) is 35.9 Å². The van der Waals surface area contributed by atoms with Crippen molar-refractivity contribution in [2.24, 2.45) is 0 Å². The predicted molar refractivity (Wildman–Crippen MR) is 57.1 cm³/mol. The summed E-state index contributed by atoms with van der Waals surface area (Å²) in [4.78, 5) is 0.617. The standard InChI is InChI=1S/C11H13BrO/c12-10-6-7-13-11(8-10)9-4-2-1-3-5-9/h1-5,10-11H,6-8H2/t10-,11+/m0/s1. The number of halogens is 1. The van der Waals surface area contributed by atoms with E-state index in [9.17, 15) is 0 Å². The summed E-state index contributed by atoms with van der Waals surface area (Å²) in [5.41, 5.74) is 1.30. The molecular formula is C11H13BrO. The minimum atomic E-state index is 0.291. The topological polar surface area (TPSA) is 9.23 Å². The van der Waals surface area contributed by atoms with Crippen molar-refractivity contribution in [3.8, 4) is 0 Å². The van der Waals surface area contributed by atoms with E-state index in [0.29, 0.717) is 10.9 Å². The number of rotatable bonds is 1. The van der Waals surface area contributed by atoms with Crippen molar-refractivity contribution in [3.63, 3.8) is 0 Å². The molecular weight excluding hydrogens is 228 g/mol. The van der Waals surface area contributed by atoms with Crippen LogP contribution in [0.25, 0.3) is 0 Å². The van der Waals surface area contributed by atoms with Crippen molar-refractivity contribution in [2.45, 2.75) is 23.8 Å². The van der Waals surface area contributed by atoms with Gasteiger partial charge in [0.2, 0.25) is 0 Å². The largest absolute Gasteiger partial charge is 0.373 e. The van der Waals surface area contributed by atoms with Gasteiger partial charge in [0.25, 0.3) is 0 Å². The van der Waals surface area contributed by atoms with Gasteiger partial charge in [0.15, 0.2) is 0 Å². The number of ether oxygens (including phenoxy) is 1. The smallest absolute Gasteiger partial charge is 0.0835 e. The fourth-order valence-corrected chi connectivity index (χ4v) is 2.18. The molecule has 0 bridgehead atoms. The van der Waals surface area contributed by atoms with E-state index in [0.717, 1.165) is 19.4 Å². The molecule has 0 amide bonds. The van der Waals surface area contributed by atoms with Crippen molar-refractivity contribution in [2.75, 3.05) is 6.61 Å². The van der Waals surface area contributed by atoms with E-state index in [2.05, 4.69) is 40.2 Å². The molecule has 2 atom stereocenters. The van der Waals surface area contributed by atoms with E-state index in [1.54, 1.807) is 0 Å². The van der Waals surface area contributed by atoms with Crippen LogP contribution in [0.15, 0.2) is 30.3 Å². The summed E-state index contributed by atoms with van der Waals surface area (Å²) in [5.74, 6) is 0. The first kappa shape index (κ1) is 9.22. The van der Waals surface area contributed by atoms with Crippen LogP contribution < -0.4 is 0 Å². The van der Waals surface area contributed by atoms with E-state index in [1.165, 1.54) is 5.56 Å². The van der Waals surface area contributed by atoms with Crippen LogP contribution in [-0.4, -0.2) is 11.4 Å². The molecule has 2 rings (SSSR count). The maximum atomic E-state index is 5.70. The minimum Gasteiger partial charge on any atom is -0.373 e. The molecule has 2 heteroatoms. The van der Waals surface area contributed by atoms with E-state index in [1.807, 2.05) is 6.07 Å². The molecule has 1 fully saturated rings. The maximum Gasteiger partial charge on any atom is 0.0835 e. The molecule has 1 aliphatic heterocycles. The van der Waals surface area contributed by atoms with E-state index in [-0.39, 0.29) is 0 Å². The third kappa shape index (κ3) is 2.32. The molecule has 0 aliphatic carbocycles. The molecule has 0 aromatic heterocycles. The lowest BCUT2D eigenvalue weighted by molar-refractivity contribution is 0.0187. The molecule has 70 valence electrons. The summed E-state index contributed by atoms with van der Waals surface area (Å²) >= 11 is 3.65. The van der Waals surface area contributed by atoms with Crippen molar-refractivity contribution in [1.82, 2.24) is 0 Å². The molecule has 0 unspecified atom stereocenters. The Bertz CT molecular complexity index is 260. The van der Waals surface area contributed by atoms with Crippen LogP contribution in [0.2, 0.25) is 0 Å². The zero-order valence-corrected chi connectivity index (χ0v) is 9.03. The molecule has 1 aromatic carbocycles. The Morgan fingerprint density at radius 1 is 1.23 bits per heavy atom. The van der Waals surface area contributed by atoms with Crippen LogP contribution in [0.1, 0.15) is 24.5 Å². The number of hydrogen-bond donors (Lipinski definition) is 0. The summed E-state index contributed by atoms with van der Waals surface area (Å²) in [6, 6.07) is 10.4. The number of alkyl halides is 1. The van der Waals surface area contributed by atoms with Gasteiger partial charge in [-0.15, -0.1) is 0 Å². The van der Waals surface area contributed by atoms with Crippen LogP contribution >= 0.6 is 15.9 Å². The molecule has 1 nitrogen and oxygen atoms in total. The highest BCUT2D eigenvalue weighted by Gasteiger charge is 2.21. The Hall–Kier alpha value is -0.340. The molecule has 13 heavy (non-hydrogen) atoms. The lowest BCUT2D eigenvalue weighted by Crippen LogP contribution is -2.19. The Kier molecular flexibility index (Phi) is 3.01. The number of hydrogen-bond acceptors (Lipinski definition) is 1. The van der Waals surface area contributed by atoms with Crippen LogP contribution in [-0.2, 0) is 4.74 Å². The SMILES string of the molecule is Br[C@H]1CCO[C@@H](c2ccccc2)C1. The molecule has 0 N–H and O–H groups in total. The lowest BCUT2D eigenvalue weighted by atomic mass is 10.0. The van der Waals surface area contributed by atoms with Gasteiger partial charge >= 0.3 is 0 Å². The Morgan fingerprint density at radius 3 is 2.69 bits per heavy atom. The van der Waals surface area contributed by atoms with Gasteiger partial charge in [-0.2, -0.15) is 0 Å². The van der Waals surface area contributed by atoms with E-state index >= 15 is 0 Å². The van der Waals surface area contributed by atoms with Crippen LogP contribution in [0.5, 0.6) is 0 Å². The highest BCUT2D eigenvalue weighted by atomic mass is 79.9. The first-order valence-corrected chi connectivity index (χ1v) is 5.58. The summed E-state index contributed by atoms with van der Waals surface area (Å²) in [6.07, 6.45) is 2.51. The van der Waals surface area contributed by atoms with Crippen molar-refractivity contribution >= 4 is 15.9 Å². The van der Waals surface area contributed by atoms with Crippen LogP contribution in [0.3, 0.4) is 0 Å². The molecule has 1 aromatic rings. The average Bonchev–Trinajstić information content (AvgIpc) is 2.19. The Labute approximate surface area is 87.2 Å². The van der Waals surface area contributed by atoms with E-state index < -0.39 is 0 Å². The zero-order valence-electron chi connectivity index (χ0n) is 7.45. The first-order chi connectivity index (χ1) is 6.36. The van der Waals surface area contributed by atoms with Crippen LogP contribution in [0.4, 0.5) is 0 Å². The van der Waals surface area contributed by atoms with Gasteiger partial charge in [-0.1, -0.05) is 46.3 Å². The molecule has 1 aliphatic rings. The normalized spacial score (nSPS) is 28.7. The first-order valence-electron chi connectivity index (χ1n) is 4.67. The minimum absolute atomic E-state index is 0.291. The molecule has 0 saturated carbocycles. The molecule has 1 heterocycles. The second kappa shape index (κ2) is 4.25. The van der Waals surface area contributed by atoms with Gasteiger partial charge in [-0.3, -0.25) is 0 Å². The van der Waals surface area contributed by atoms with Gasteiger partial charge in [0.1, 0.15) is 0 Å². The molecule has 0 radical (unpaired) electrons. The van der Waals surface area contributed by atoms with Gasteiger partial charge in [0, 0.05) is 11.4 Å². The highest BCUT2D eigenvalue weighted by molar-refractivity contribution is 9.09. The van der Waals surface area contributed by atoms with Gasteiger partial charge in [-0.25, -0.2) is 0 Å². The average molecular weight is 241 g/mol. The monoisotopic (exact) mass is 240 g/mol. The summed E-state index contributed by atoms with van der Waals surface area (Å²) in [5, 5.41) is 0. The van der Waals surface area contributed by atoms with Crippen molar-refractivity contribution < 1.29 is 4.74 Å². The van der Waals surface area contributed by atoms with Gasteiger partial charge in [0.05, 0.1) is 6.10 Å². The fourth-order valence-electron chi connectivity index (χ4n) is 1.66. The quantitative estimate of drug-likeness (QED) is 0.685. The highest BCUT2D eigenvalue weighted by Crippen LogP contribution is 2.31. The third-order valence-electron chi connectivity index (χ3n) is 2.39. The van der Waals surface area contributed by atoms with E-state index in [4.69, 9.17) is 4.74 Å². The zero-order chi connectivity index (χ0) is 9.10. The number of benzene rings is 1. The van der Waals surface area contributed by atoms with Gasteiger partial charge in [-0.05, 0) is 18.4 Å². The maximum absolute atomic E-state index is 5.70. The Morgan fingerprint density at radius 2 is 2.00 bits per heavy atom. The predicted octanol–water partition coefficient (Wildman–Crippen LogP) is 3.30. The summed E-state index contributed by atoms with van der Waals surface area (Å²) in [7, 11) is 0. The summed E-state index contributed by atoms with van der Waals surface area (Å²) in [6.45, 7) is 0.871. The molecule has 1 saturated heterocycles. The summed E-state index contributed by atoms with van der Waals surface area (Å²) < 4.78 is 5.70. The Balaban J connectivity index is 2.08. The molecule has 0 spiro atoms. The second-order valence-corrected chi connectivity index (χ2v) is 4.69. The lowest BCUT2D eigenvalue weighted by Gasteiger charge is -2.26. The van der Waals surface area contributed by atoms with Crippen LogP contribution in [0, 0.1) is 0 Å². The second-order valence-electron chi connectivity index (χ2n) is 3.39. The third-order valence-corrected chi connectivity index (χ3v) is 3.22.